The molecular formula is C80H48OS. The average molecular weight is 1060 g/mol. The number of para-hydroxylation sites is 2. The van der Waals surface area contributed by atoms with Gasteiger partial charge in [-0.25, -0.2) is 0 Å². The lowest BCUT2D eigenvalue weighted by molar-refractivity contribution is 0.670. The molecule has 17 aromatic rings. The van der Waals surface area contributed by atoms with Gasteiger partial charge < -0.3 is 4.42 Å². The quantitative estimate of drug-likeness (QED) is 0.145. The Kier molecular flexibility index (Phi) is 10.6. The van der Waals surface area contributed by atoms with E-state index < -0.39 is 0 Å². The first-order valence-corrected chi connectivity index (χ1v) is 29.0. The molecule has 0 atom stereocenters. The maximum absolute atomic E-state index is 6.66. The van der Waals surface area contributed by atoms with Crippen LogP contribution in [0.1, 0.15) is 0 Å². The molecule has 0 bridgehead atoms. The summed E-state index contributed by atoms with van der Waals surface area (Å²) in [5, 5.41) is 17.2. The minimum Gasteiger partial charge on any atom is -0.455 e. The van der Waals surface area contributed by atoms with Crippen molar-refractivity contribution in [3.8, 4) is 77.9 Å². The topological polar surface area (TPSA) is 13.1 Å². The van der Waals surface area contributed by atoms with E-state index >= 15 is 0 Å². The highest BCUT2D eigenvalue weighted by Crippen LogP contribution is 2.50. The molecule has 0 saturated carbocycles. The van der Waals surface area contributed by atoms with E-state index in [1.807, 2.05) is 17.4 Å². The van der Waals surface area contributed by atoms with Gasteiger partial charge >= 0.3 is 0 Å². The lowest BCUT2D eigenvalue weighted by Crippen LogP contribution is -1.91. The summed E-state index contributed by atoms with van der Waals surface area (Å²) in [5.41, 5.74) is 18.9. The first-order chi connectivity index (χ1) is 40.7. The standard InChI is InChI=1S/C80H48OS/c1-2-18-49(19-3-1)50-36-40-52(41-37-50)75-60-23-6-8-25-62(60)77(63-26-9-7-24-61(63)75)54-44-47-74-72(48-54)70-33-17-32-69(80(70)82-74)58-46-45-55(56-20-4-5-21-57(56)58)51-38-42-53(43-39-51)76-64-27-10-12-29-66(64)78(67-30-13-11-28-65(67)76)71-34-16-31-68-59-22-14-15-35-73(59)81-79(68)71/h1-48H. The molecule has 2 aromatic heterocycles. The molecule has 0 amide bonds. The zero-order valence-electron chi connectivity index (χ0n) is 44.5. The normalized spacial score (nSPS) is 11.9. The van der Waals surface area contributed by atoms with E-state index in [0.717, 1.165) is 27.5 Å². The molecule has 0 unspecified atom stereocenters. The number of furan rings is 1. The fourth-order valence-corrected chi connectivity index (χ4v) is 14.9. The van der Waals surface area contributed by atoms with Gasteiger partial charge in [-0.05, 0) is 133 Å². The maximum atomic E-state index is 6.66. The van der Waals surface area contributed by atoms with Crippen LogP contribution in [0.3, 0.4) is 0 Å². The second kappa shape index (κ2) is 18.6. The Morgan fingerprint density at radius 3 is 1.20 bits per heavy atom. The van der Waals surface area contributed by atoms with Crippen LogP contribution in [0.15, 0.2) is 296 Å². The highest BCUT2D eigenvalue weighted by Gasteiger charge is 2.23. The molecule has 0 N–H and O–H groups in total. The van der Waals surface area contributed by atoms with Crippen molar-refractivity contribution in [3.05, 3.63) is 291 Å². The van der Waals surface area contributed by atoms with Gasteiger partial charge in [-0.1, -0.05) is 273 Å². The molecule has 82 heavy (non-hydrogen) atoms. The Morgan fingerprint density at radius 2 is 0.610 bits per heavy atom. The summed E-state index contributed by atoms with van der Waals surface area (Å²) in [5.74, 6) is 0. The highest BCUT2D eigenvalue weighted by molar-refractivity contribution is 7.26. The van der Waals surface area contributed by atoms with Crippen LogP contribution in [0.2, 0.25) is 0 Å². The summed E-state index contributed by atoms with van der Waals surface area (Å²) in [6, 6.07) is 107. The van der Waals surface area contributed by atoms with Gasteiger partial charge in [0.15, 0.2) is 0 Å². The summed E-state index contributed by atoms with van der Waals surface area (Å²) in [6.45, 7) is 0. The van der Waals surface area contributed by atoms with Gasteiger partial charge in [0.05, 0.1) is 0 Å². The minimum atomic E-state index is 0.907. The highest BCUT2D eigenvalue weighted by atomic mass is 32.1. The van der Waals surface area contributed by atoms with Crippen LogP contribution in [0.5, 0.6) is 0 Å². The van der Waals surface area contributed by atoms with Crippen LogP contribution in [0.25, 0.3) is 174 Å². The largest absolute Gasteiger partial charge is 0.455 e. The fraction of sp³-hybridized carbons (Fsp3) is 0. The molecule has 2 heteroatoms. The van der Waals surface area contributed by atoms with Crippen molar-refractivity contribution in [2.24, 2.45) is 0 Å². The van der Waals surface area contributed by atoms with E-state index in [1.54, 1.807) is 0 Å². The summed E-state index contributed by atoms with van der Waals surface area (Å²) in [7, 11) is 0. The number of benzene rings is 15. The van der Waals surface area contributed by atoms with E-state index in [4.69, 9.17) is 4.42 Å². The lowest BCUT2D eigenvalue weighted by Gasteiger charge is -2.18. The molecule has 0 radical (unpaired) electrons. The predicted molar refractivity (Wildman–Crippen MR) is 352 cm³/mol. The van der Waals surface area contributed by atoms with Gasteiger partial charge in [0.2, 0.25) is 0 Å². The monoisotopic (exact) mass is 1060 g/mol. The third kappa shape index (κ3) is 7.18. The molecule has 0 aliphatic rings. The number of fused-ring (bicyclic) bond motifs is 11. The van der Waals surface area contributed by atoms with Crippen LogP contribution in [0.4, 0.5) is 0 Å². The van der Waals surface area contributed by atoms with Crippen molar-refractivity contribution in [3.63, 3.8) is 0 Å². The molecule has 380 valence electrons. The van der Waals surface area contributed by atoms with Crippen molar-refractivity contribution in [1.29, 1.82) is 0 Å². The van der Waals surface area contributed by atoms with Crippen LogP contribution in [-0.2, 0) is 0 Å². The predicted octanol–water partition coefficient (Wildman–Crippen LogP) is 23.4. The third-order valence-electron chi connectivity index (χ3n) is 17.3. The van der Waals surface area contributed by atoms with Crippen molar-refractivity contribution in [1.82, 2.24) is 0 Å². The van der Waals surface area contributed by atoms with Crippen LogP contribution >= 0.6 is 11.3 Å². The first kappa shape index (κ1) is 46.5. The first-order valence-electron chi connectivity index (χ1n) is 28.2. The second-order valence-electron chi connectivity index (χ2n) is 21.7. The van der Waals surface area contributed by atoms with Crippen molar-refractivity contribution >= 4 is 107 Å². The van der Waals surface area contributed by atoms with Gasteiger partial charge in [-0.3, -0.25) is 0 Å². The van der Waals surface area contributed by atoms with E-state index in [-0.39, 0.29) is 0 Å². The van der Waals surface area contributed by atoms with Crippen molar-refractivity contribution in [2.75, 3.05) is 0 Å². The van der Waals surface area contributed by atoms with Gasteiger partial charge in [0, 0.05) is 47.6 Å². The molecule has 0 spiro atoms. The lowest BCUT2D eigenvalue weighted by atomic mass is 9.85. The Bertz CT molecular complexity index is 5320. The third-order valence-corrected chi connectivity index (χ3v) is 18.5. The van der Waals surface area contributed by atoms with Gasteiger partial charge in [0.25, 0.3) is 0 Å². The molecule has 0 aliphatic heterocycles. The SMILES string of the molecule is c1ccc(-c2ccc(-c3c4ccccc4c(-c4ccc5sc6c(-c7ccc(-c8ccc(-c9c%10ccccc%10c(-c%10cccc%11c%10oc%10ccccc%10%11)c%10ccccc9%10)cc8)c8ccccc78)cccc6c5c4)c4ccccc34)cc2)cc1. The van der Waals surface area contributed by atoms with Crippen LogP contribution < -0.4 is 0 Å². The molecule has 2 heterocycles. The fourth-order valence-electron chi connectivity index (χ4n) is 13.7. The number of hydrogen-bond donors (Lipinski definition) is 0. The summed E-state index contributed by atoms with van der Waals surface area (Å²) in [6.07, 6.45) is 0. The van der Waals surface area contributed by atoms with Gasteiger partial charge in [-0.15, -0.1) is 11.3 Å². The molecule has 0 fully saturated rings. The van der Waals surface area contributed by atoms with Crippen molar-refractivity contribution in [2.45, 2.75) is 0 Å². The van der Waals surface area contributed by atoms with Gasteiger partial charge in [-0.2, -0.15) is 0 Å². The van der Waals surface area contributed by atoms with Crippen LogP contribution in [-0.4, -0.2) is 0 Å². The van der Waals surface area contributed by atoms with E-state index in [9.17, 15) is 0 Å². The van der Waals surface area contributed by atoms with Gasteiger partial charge in [0.1, 0.15) is 11.2 Å². The number of rotatable bonds is 7. The Labute approximate surface area is 477 Å². The summed E-state index contributed by atoms with van der Waals surface area (Å²) < 4.78 is 9.26. The Balaban J connectivity index is 0.754. The van der Waals surface area contributed by atoms with Crippen LogP contribution in [0, 0.1) is 0 Å². The Morgan fingerprint density at radius 1 is 0.207 bits per heavy atom. The molecule has 1 nitrogen and oxygen atoms in total. The second-order valence-corrected chi connectivity index (χ2v) is 22.7. The molecule has 17 rings (SSSR count). The number of hydrogen-bond acceptors (Lipinski definition) is 2. The zero-order valence-corrected chi connectivity index (χ0v) is 45.3. The Hall–Kier alpha value is -10.4. The van der Waals surface area contributed by atoms with Crippen molar-refractivity contribution < 1.29 is 4.42 Å². The van der Waals surface area contributed by atoms with E-state index in [2.05, 4.69) is 285 Å². The molecule has 0 aliphatic carbocycles. The number of thiophene rings is 1. The maximum Gasteiger partial charge on any atom is 0.143 e. The molecular weight excluding hydrogens is 1010 g/mol. The zero-order chi connectivity index (χ0) is 53.8. The van der Waals surface area contributed by atoms with E-state index in [1.165, 1.54) is 146 Å². The summed E-state index contributed by atoms with van der Waals surface area (Å²) in [4.78, 5) is 0. The molecule has 15 aromatic carbocycles. The van der Waals surface area contributed by atoms with E-state index in [0.29, 0.717) is 0 Å². The summed E-state index contributed by atoms with van der Waals surface area (Å²) >= 11 is 1.90. The molecule has 0 saturated heterocycles. The minimum absolute atomic E-state index is 0.907. The average Bonchev–Trinajstić information content (AvgIpc) is 4.22. The smallest absolute Gasteiger partial charge is 0.143 e.